The number of amides is 1. The molecule has 0 bridgehead atoms. The summed E-state index contributed by atoms with van der Waals surface area (Å²) in [6.45, 7) is 3.80. The summed E-state index contributed by atoms with van der Waals surface area (Å²) >= 11 is 0. The van der Waals surface area contributed by atoms with E-state index < -0.39 is 15.9 Å². The van der Waals surface area contributed by atoms with Crippen LogP contribution in [0.3, 0.4) is 0 Å². The Balaban J connectivity index is 1.63. The number of furan rings is 1. The average Bonchev–Trinajstić information content (AvgIpc) is 3.28. The number of nitrogens with one attached hydrogen (secondary N) is 1. The van der Waals surface area contributed by atoms with Crippen LogP contribution in [0.1, 0.15) is 48.7 Å². The maximum atomic E-state index is 12.7. The molecule has 2 heterocycles. The third kappa shape index (κ3) is 5.14. The number of rotatable bonds is 9. The maximum absolute atomic E-state index is 12.7. The van der Waals surface area contributed by atoms with Crippen LogP contribution in [0, 0.1) is 0 Å². The fourth-order valence-electron chi connectivity index (χ4n) is 3.24. The van der Waals surface area contributed by atoms with Crippen LogP contribution in [-0.4, -0.2) is 45.4 Å². The number of hydrogen-bond donors (Lipinski definition) is 1. The van der Waals surface area contributed by atoms with Gasteiger partial charge in [0.05, 0.1) is 13.7 Å². The molecule has 9 heteroatoms. The van der Waals surface area contributed by atoms with Crippen LogP contribution in [0.25, 0.3) is 0 Å². The summed E-state index contributed by atoms with van der Waals surface area (Å²) in [5.41, 5.74) is 0.816. The van der Waals surface area contributed by atoms with Crippen molar-refractivity contribution in [2.75, 3.05) is 26.8 Å². The van der Waals surface area contributed by atoms with E-state index in [9.17, 15) is 13.2 Å². The zero-order chi connectivity index (χ0) is 21.6. The highest BCUT2D eigenvalue weighted by Gasteiger charge is 2.29. The SMILES string of the molecule is CCCOc1ccc(CNC(=O)c2ccc(S(=O)(=O)N3CCCCC3)o2)cc1OC. The molecule has 1 aliphatic rings. The van der Waals surface area contributed by atoms with Crippen LogP contribution in [0.5, 0.6) is 11.5 Å². The number of carbonyl (C=O) groups is 1. The Kier molecular flexibility index (Phi) is 7.38. The second-order valence-electron chi connectivity index (χ2n) is 7.10. The van der Waals surface area contributed by atoms with Crippen molar-refractivity contribution in [3.8, 4) is 11.5 Å². The lowest BCUT2D eigenvalue weighted by atomic mass is 10.2. The third-order valence-corrected chi connectivity index (χ3v) is 6.63. The lowest BCUT2D eigenvalue weighted by molar-refractivity contribution is 0.0917. The Labute approximate surface area is 177 Å². The normalized spacial score (nSPS) is 15.0. The molecule has 8 nitrogen and oxygen atoms in total. The second-order valence-corrected chi connectivity index (χ2v) is 8.97. The van der Waals surface area contributed by atoms with Crippen molar-refractivity contribution < 1.29 is 27.1 Å². The number of sulfonamides is 1. The van der Waals surface area contributed by atoms with Crippen LogP contribution >= 0.6 is 0 Å². The topological polar surface area (TPSA) is 98.1 Å². The number of carbonyl (C=O) groups excluding carboxylic acids is 1. The number of benzene rings is 1. The van der Waals surface area contributed by atoms with Gasteiger partial charge in [0.15, 0.2) is 17.3 Å². The van der Waals surface area contributed by atoms with Gasteiger partial charge in [-0.05, 0) is 49.1 Å². The van der Waals surface area contributed by atoms with Gasteiger partial charge in [0.25, 0.3) is 15.9 Å². The van der Waals surface area contributed by atoms with Crippen molar-refractivity contribution in [1.29, 1.82) is 0 Å². The standard InChI is InChI=1S/C21H28N2O6S/c1-3-13-28-17-8-7-16(14-19(17)27-2)15-22-21(24)18-9-10-20(29-18)30(25,26)23-11-5-4-6-12-23/h7-10,14H,3-6,11-13,15H2,1-2H3,(H,22,24). The quantitative estimate of drug-likeness (QED) is 0.648. The number of hydrogen-bond acceptors (Lipinski definition) is 6. The first-order valence-corrected chi connectivity index (χ1v) is 11.6. The highest BCUT2D eigenvalue weighted by molar-refractivity contribution is 7.89. The molecular formula is C21H28N2O6S. The molecule has 1 aromatic carbocycles. The maximum Gasteiger partial charge on any atom is 0.287 e. The molecule has 0 aliphatic carbocycles. The van der Waals surface area contributed by atoms with Gasteiger partial charge in [-0.3, -0.25) is 4.79 Å². The van der Waals surface area contributed by atoms with Crippen molar-refractivity contribution >= 4 is 15.9 Å². The highest BCUT2D eigenvalue weighted by atomic mass is 32.2. The van der Waals surface area contributed by atoms with Gasteiger partial charge in [-0.1, -0.05) is 19.4 Å². The molecule has 0 spiro atoms. The summed E-state index contributed by atoms with van der Waals surface area (Å²) in [6, 6.07) is 8.14. The molecule has 0 atom stereocenters. The molecule has 1 aromatic heterocycles. The first-order chi connectivity index (χ1) is 14.5. The summed E-state index contributed by atoms with van der Waals surface area (Å²) < 4.78 is 43.1. The van der Waals surface area contributed by atoms with Crippen LogP contribution < -0.4 is 14.8 Å². The summed E-state index contributed by atoms with van der Waals surface area (Å²) in [4.78, 5) is 12.4. The Morgan fingerprint density at radius 2 is 1.90 bits per heavy atom. The monoisotopic (exact) mass is 436 g/mol. The van der Waals surface area contributed by atoms with Gasteiger partial charge in [-0.25, -0.2) is 8.42 Å². The van der Waals surface area contributed by atoms with Gasteiger partial charge in [0.1, 0.15) is 0 Å². The smallest absolute Gasteiger partial charge is 0.287 e. The van der Waals surface area contributed by atoms with Crippen molar-refractivity contribution in [1.82, 2.24) is 9.62 Å². The molecule has 1 saturated heterocycles. The van der Waals surface area contributed by atoms with Gasteiger partial charge in [0.2, 0.25) is 5.09 Å². The van der Waals surface area contributed by atoms with E-state index in [0.29, 0.717) is 31.2 Å². The second kappa shape index (κ2) is 9.99. The summed E-state index contributed by atoms with van der Waals surface area (Å²) in [7, 11) is -2.15. The molecule has 2 aromatic rings. The molecule has 1 N–H and O–H groups in total. The largest absolute Gasteiger partial charge is 0.493 e. The van der Waals surface area contributed by atoms with Gasteiger partial charge >= 0.3 is 0 Å². The van der Waals surface area contributed by atoms with Gasteiger partial charge in [-0.15, -0.1) is 0 Å². The summed E-state index contributed by atoms with van der Waals surface area (Å²) in [5, 5.41) is 2.54. The molecule has 164 valence electrons. The lowest BCUT2D eigenvalue weighted by Gasteiger charge is -2.24. The van der Waals surface area contributed by atoms with E-state index in [-0.39, 0.29) is 17.4 Å². The fraction of sp³-hybridized carbons (Fsp3) is 0.476. The van der Waals surface area contributed by atoms with E-state index in [1.54, 1.807) is 19.2 Å². The number of nitrogens with zero attached hydrogens (tertiary/aromatic N) is 1. The van der Waals surface area contributed by atoms with Crippen LogP contribution in [0.4, 0.5) is 0 Å². The molecule has 0 saturated carbocycles. The van der Waals surface area contributed by atoms with E-state index in [1.165, 1.54) is 16.4 Å². The summed E-state index contributed by atoms with van der Waals surface area (Å²) in [6.07, 6.45) is 3.58. The van der Waals surface area contributed by atoms with E-state index in [2.05, 4.69) is 5.32 Å². The average molecular weight is 437 g/mol. The first-order valence-electron chi connectivity index (χ1n) is 10.1. The zero-order valence-corrected chi connectivity index (χ0v) is 18.2. The van der Waals surface area contributed by atoms with Crippen molar-refractivity contribution in [2.45, 2.75) is 44.2 Å². The molecule has 3 rings (SSSR count). The zero-order valence-electron chi connectivity index (χ0n) is 17.3. The Morgan fingerprint density at radius 1 is 1.13 bits per heavy atom. The fourth-order valence-corrected chi connectivity index (χ4v) is 4.66. The van der Waals surface area contributed by atoms with Crippen LogP contribution in [-0.2, 0) is 16.6 Å². The van der Waals surface area contributed by atoms with Gasteiger partial charge < -0.3 is 19.2 Å². The number of piperidine rings is 1. The minimum atomic E-state index is -3.71. The number of methoxy groups -OCH3 is 1. The predicted octanol–water partition coefficient (Wildman–Crippen LogP) is 3.18. The molecule has 0 radical (unpaired) electrons. The Morgan fingerprint density at radius 3 is 2.60 bits per heavy atom. The Bertz CT molecular complexity index is 964. The molecule has 1 fully saturated rings. The van der Waals surface area contributed by atoms with E-state index in [1.807, 2.05) is 13.0 Å². The molecule has 30 heavy (non-hydrogen) atoms. The minimum absolute atomic E-state index is 0.0413. The van der Waals surface area contributed by atoms with E-state index in [4.69, 9.17) is 13.9 Å². The van der Waals surface area contributed by atoms with Gasteiger partial charge in [0, 0.05) is 19.6 Å². The molecule has 1 aliphatic heterocycles. The van der Waals surface area contributed by atoms with Crippen molar-refractivity contribution in [2.24, 2.45) is 0 Å². The van der Waals surface area contributed by atoms with E-state index >= 15 is 0 Å². The van der Waals surface area contributed by atoms with Crippen molar-refractivity contribution in [3.05, 3.63) is 41.7 Å². The minimum Gasteiger partial charge on any atom is -0.493 e. The lowest BCUT2D eigenvalue weighted by Crippen LogP contribution is -2.35. The molecular weight excluding hydrogens is 408 g/mol. The summed E-state index contributed by atoms with van der Waals surface area (Å²) in [5.74, 6) is 0.706. The third-order valence-electron chi connectivity index (χ3n) is 4.86. The molecule has 0 unspecified atom stereocenters. The van der Waals surface area contributed by atoms with E-state index in [0.717, 1.165) is 31.2 Å². The molecule has 1 amide bonds. The Hall–Kier alpha value is -2.52. The number of ether oxygens (including phenoxy) is 2. The predicted molar refractivity (Wildman–Crippen MR) is 111 cm³/mol. The van der Waals surface area contributed by atoms with Crippen LogP contribution in [0.2, 0.25) is 0 Å². The van der Waals surface area contributed by atoms with Gasteiger partial charge in [-0.2, -0.15) is 4.31 Å². The van der Waals surface area contributed by atoms with Crippen LogP contribution in [0.15, 0.2) is 39.8 Å². The first kappa shape index (κ1) is 22.2. The van der Waals surface area contributed by atoms with Crippen molar-refractivity contribution in [3.63, 3.8) is 0 Å². The highest BCUT2D eigenvalue weighted by Crippen LogP contribution is 2.28.